The zero-order valence-electron chi connectivity index (χ0n) is 21.2. The van der Waals surface area contributed by atoms with E-state index in [0.717, 1.165) is 0 Å². The van der Waals surface area contributed by atoms with Crippen molar-refractivity contribution < 1.29 is 24.2 Å². The molecule has 10 nitrogen and oxygen atoms in total. The normalized spacial score (nSPS) is 19.0. The third-order valence-corrected chi connectivity index (χ3v) is 5.56. The first-order chi connectivity index (χ1) is 15.9. The van der Waals surface area contributed by atoms with E-state index in [4.69, 9.17) is 4.74 Å². The Bertz CT molecular complexity index is 875. The van der Waals surface area contributed by atoms with Crippen molar-refractivity contribution in [3.63, 3.8) is 0 Å². The van der Waals surface area contributed by atoms with Crippen molar-refractivity contribution in [3.05, 3.63) is 23.8 Å². The van der Waals surface area contributed by atoms with E-state index in [1.165, 1.54) is 0 Å². The summed E-state index contributed by atoms with van der Waals surface area (Å²) in [5, 5.41) is 18.1. The second kappa shape index (κ2) is 11.9. The van der Waals surface area contributed by atoms with E-state index in [2.05, 4.69) is 16.0 Å². The molecule has 4 N–H and O–H groups in total. The molecule has 3 atom stereocenters. The Morgan fingerprint density at radius 3 is 2.41 bits per heavy atom. The van der Waals surface area contributed by atoms with Crippen LogP contribution in [-0.4, -0.2) is 83.8 Å². The van der Waals surface area contributed by atoms with Gasteiger partial charge in [-0.25, -0.2) is 9.59 Å². The molecule has 1 heterocycles. The maximum Gasteiger partial charge on any atom is 0.319 e. The zero-order valence-corrected chi connectivity index (χ0v) is 21.2. The number of likely N-dealkylation sites (N-methyl/N-ethyl adjacent to an activating group) is 1. The molecule has 0 spiro atoms. The van der Waals surface area contributed by atoms with E-state index in [9.17, 15) is 19.5 Å². The van der Waals surface area contributed by atoms with Crippen molar-refractivity contribution in [2.75, 3.05) is 32.1 Å². The molecule has 1 aromatic rings. The van der Waals surface area contributed by atoms with Gasteiger partial charge in [0.2, 0.25) is 0 Å². The first-order valence-corrected chi connectivity index (χ1v) is 11.7. The van der Waals surface area contributed by atoms with Gasteiger partial charge in [0.1, 0.15) is 11.9 Å². The molecule has 1 aliphatic rings. The van der Waals surface area contributed by atoms with Crippen LogP contribution in [0.2, 0.25) is 0 Å². The summed E-state index contributed by atoms with van der Waals surface area (Å²) in [7, 11) is 1.70. The van der Waals surface area contributed by atoms with Crippen LogP contribution >= 0.6 is 0 Å². The van der Waals surface area contributed by atoms with Gasteiger partial charge in [0, 0.05) is 37.3 Å². The second-order valence-corrected chi connectivity index (χ2v) is 9.57. The number of nitrogens with zero attached hydrogens (tertiary/aromatic N) is 2. The fourth-order valence-electron chi connectivity index (χ4n) is 3.66. The van der Waals surface area contributed by atoms with E-state index < -0.39 is 12.1 Å². The molecule has 190 valence electrons. The number of anilines is 1. The van der Waals surface area contributed by atoms with Crippen LogP contribution in [0.15, 0.2) is 18.2 Å². The summed E-state index contributed by atoms with van der Waals surface area (Å²) in [6.45, 7) is 11.7. The molecular formula is C24H39N5O5. The molecule has 0 aromatic heterocycles. The maximum atomic E-state index is 13.4. The number of benzene rings is 1. The van der Waals surface area contributed by atoms with Gasteiger partial charge in [-0.2, -0.15) is 0 Å². The number of urea groups is 2. The molecule has 0 fully saturated rings. The highest BCUT2D eigenvalue weighted by Gasteiger charge is 2.34. The van der Waals surface area contributed by atoms with Crippen molar-refractivity contribution in [3.8, 4) is 5.75 Å². The summed E-state index contributed by atoms with van der Waals surface area (Å²) in [6.07, 6.45) is -0.397. The molecule has 0 bridgehead atoms. The van der Waals surface area contributed by atoms with Crippen LogP contribution in [0.4, 0.5) is 15.3 Å². The molecule has 0 saturated heterocycles. The molecule has 34 heavy (non-hydrogen) atoms. The van der Waals surface area contributed by atoms with Gasteiger partial charge in [0.15, 0.2) is 0 Å². The van der Waals surface area contributed by atoms with E-state index in [1.54, 1.807) is 42.0 Å². The Balaban J connectivity index is 2.38. The van der Waals surface area contributed by atoms with E-state index in [1.807, 2.05) is 34.6 Å². The smallest absolute Gasteiger partial charge is 0.319 e. The highest BCUT2D eigenvalue weighted by Crippen LogP contribution is 2.30. The van der Waals surface area contributed by atoms with Crippen LogP contribution in [0.3, 0.4) is 0 Å². The monoisotopic (exact) mass is 477 g/mol. The van der Waals surface area contributed by atoms with Gasteiger partial charge in [-0.3, -0.25) is 4.79 Å². The highest BCUT2D eigenvalue weighted by molar-refractivity contribution is 5.99. The van der Waals surface area contributed by atoms with Gasteiger partial charge in [0.25, 0.3) is 5.91 Å². The summed E-state index contributed by atoms with van der Waals surface area (Å²) in [5.74, 6) is -0.0418. The molecule has 5 amide bonds. The summed E-state index contributed by atoms with van der Waals surface area (Å²) in [4.78, 5) is 41.2. The molecule has 10 heteroatoms. The van der Waals surface area contributed by atoms with E-state index in [0.29, 0.717) is 24.5 Å². The van der Waals surface area contributed by atoms with Crippen LogP contribution in [0.1, 0.15) is 51.9 Å². The van der Waals surface area contributed by atoms with Crippen LogP contribution in [-0.2, 0) is 0 Å². The first-order valence-electron chi connectivity index (χ1n) is 11.7. The number of fused-ring (bicyclic) bond motifs is 1. The Labute approximate surface area is 202 Å². The van der Waals surface area contributed by atoms with Crippen molar-refractivity contribution in [1.29, 1.82) is 0 Å². The average molecular weight is 478 g/mol. The first kappa shape index (κ1) is 27.2. The molecule has 2 rings (SSSR count). The Morgan fingerprint density at radius 2 is 1.82 bits per heavy atom. The van der Waals surface area contributed by atoms with Crippen LogP contribution in [0, 0.1) is 5.92 Å². The van der Waals surface area contributed by atoms with E-state index >= 15 is 0 Å². The minimum atomic E-state index is -0.413. The van der Waals surface area contributed by atoms with Crippen LogP contribution in [0.5, 0.6) is 5.75 Å². The molecule has 0 saturated carbocycles. The minimum Gasteiger partial charge on any atom is -0.487 e. The number of amides is 5. The van der Waals surface area contributed by atoms with Crippen LogP contribution < -0.4 is 20.7 Å². The van der Waals surface area contributed by atoms with E-state index in [-0.39, 0.29) is 48.1 Å². The number of aliphatic hydroxyl groups excluding tert-OH is 1. The molecule has 1 aliphatic heterocycles. The number of ether oxygens (including phenoxy) is 1. The number of aliphatic hydroxyl groups is 1. The number of hydrogen-bond donors (Lipinski definition) is 4. The highest BCUT2D eigenvalue weighted by atomic mass is 16.5. The molecule has 0 unspecified atom stereocenters. The lowest BCUT2D eigenvalue weighted by Gasteiger charge is -2.38. The van der Waals surface area contributed by atoms with Gasteiger partial charge >= 0.3 is 12.1 Å². The lowest BCUT2D eigenvalue weighted by molar-refractivity contribution is 0.0366. The number of hydrogen-bond acceptors (Lipinski definition) is 5. The lowest BCUT2D eigenvalue weighted by atomic mass is 9.99. The predicted molar refractivity (Wildman–Crippen MR) is 131 cm³/mol. The zero-order chi connectivity index (χ0) is 25.6. The van der Waals surface area contributed by atoms with Crippen molar-refractivity contribution in [2.24, 2.45) is 5.92 Å². The predicted octanol–water partition coefficient (Wildman–Crippen LogP) is 2.49. The lowest BCUT2D eigenvalue weighted by Crippen LogP contribution is -2.51. The molecular weight excluding hydrogens is 438 g/mol. The second-order valence-electron chi connectivity index (χ2n) is 9.57. The molecule has 0 radical (unpaired) electrons. The van der Waals surface area contributed by atoms with Crippen molar-refractivity contribution in [2.45, 2.75) is 65.8 Å². The Hall–Kier alpha value is -3.01. The third kappa shape index (κ3) is 7.24. The number of rotatable bonds is 7. The molecule has 1 aromatic carbocycles. The fraction of sp³-hybridized carbons (Fsp3) is 0.625. The topological polar surface area (TPSA) is 123 Å². The SMILES string of the molecule is CC(C)NC(=O)Nc1ccc2c(c1)C(=O)N([C@@H](C)CO)C[C@@H](C)[C@@H](CN(C)C(=O)NC(C)C)O2. The standard InChI is InChI=1S/C24H39N5O5/c1-14(2)25-23(32)27-18-8-9-20-19(10-18)22(31)29(17(6)13-30)11-16(5)21(34-20)12-28(7)24(33)26-15(3)4/h8-10,14-17,21,30H,11-13H2,1-7H3,(H,26,33)(H2,25,27,32)/t16-,17+,21-/m1/s1. The van der Waals surface area contributed by atoms with Crippen molar-refractivity contribution in [1.82, 2.24) is 20.4 Å². The summed E-state index contributed by atoms with van der Waals surface area (Å²) < 4.78 is 6.27. The van der Waals surface area contributed by atoms with Gasteiger partial charge < -0.3 is 35.6 Å². The summed E-state index contributed by atoms with van der Waals surface area (Å²) >= 11 is 0. The number of carbonyl (C=O) groups excluding carboxylic acids is 3. The number of carbonyl (C=O) groups is 3. The van der Waals surface area contributed by atoms with Gasteiger partial charge in [-0.05, 0) is 52.8 Å². The largest absolute Gasteiger partial charge is 0.487 e. The van der Waals surface area contributed by atoms with Gasteiger partial charge in [-0.1, -0.05) is 6.92 Å². The quantitative estimate of drug-likeness (QED) is 0.480. The van der Waals surface area contributed by atoms with Crippen molar-refractivity contribution >= 4 is 23.7 Å². The average Bonchev–Trinajstić information content (AvgIpc) is 2.74. The Morgan fingerprint density at radius 1 is 1.18 bits per heavy atom. The number of nitrogens with one attached hydrogen (secondary N) is 3. The maximum absolute atomic E-state index is 13.4. The summed E-state index contributed by atoms with van der Waals surface area (Å²) in [5.41, 5.74) is 0.734. The Kier molecular flexibility index (Phi) is 9.55. The van der Waals surface area contributed by atoms with Crippen LogP contribution in [0.25, 0.3) is 0 Å². The van der Waals surface area contributed by atoms with Gasteiger partial charge in [-0.15, -0.1) is 0 Å². The fourth-order valence-corrected chi connectivity index (χ4v) is 3.66. The van der Waals surface area contributed by atoms with Gasteiger partial charge in [0.05, 0.1) is 24.8 Å². The molecule has 0 aliphatic carbocycles. The minimum absolute atomic E-state index is 0.00341. The third-order valence-electron chi connectivity index (χ3n) is 5.56. The summed E-state index contributed by atoms with van der Waals surface area (Å²) in [6, 6.07) is 3.87.